The highest BCUT2D eigenvalue weighted by molar-refractivity contribution is 6.06. The van der Waals surface area contributed by atoms with Gasteiger partial charge in [0, 0.05) is 29.7 Å². The van der Waals surface area contributed by atoms with Crippen LogP contribution in [0, 0.1) is 19.7 Å². The minimum Gasteiger partial charge on any atom is -0.350 e. The van der Waals surface area contributed by atoms with Crippen LogP contribution in [0.5, 0.6) is 0 Å². The van der Waals surface area contributed by atoms with Gasteiger partial charge in [0.25, 0.3) is 11.8 Å². The van der Waals surface area contributed by atoms with Gasteiger partial charge in [-0.3, -0.25) is 14.6 Å². The number of hydrogen-bond donors (Lipinski definition) is 2. The molecule has 0 aliphatic carbocycles. The normalized spacial score (nSPS) is 10.6. The molecule has 6 heteroatoms. The van der Waals surface area contributed by atoms with Crippen LogP contribution < -0.4 is 10.6 Å². The van der Waals surface area contributed by atoms with Gasteiger partial charge in [-0.05, 0) is 43.7 Å². The number of halogens is 1. The Bertz CT molecular complexity index is 1020. The van der Waals surface area contributed by atoms with Gasteiger partial charge in [-0.1, -0.05) is 24.3 Å². The molecule has 0 spiro atoms. The molecule has 3 rings (SSSR count). The Balaban J connectivity index is 1.59. The lowest BCUT2D eigenvalue weighted by molar-refractivity contribution is 0.0928. The number of carbonyl (C=O) groups is 2. The van der Waals surface area contributed by atoms with E-state index in [1.807, 2.05) is 31.2 Å². The van der Waals surface area contributed by atoms with Gasteiger partial charge in [0.1, 0.15) is 5.82 Å². The maximum atomic E-state index is 13.5. The van der Waals surface area contributed by atoms with E-state index in [1.54, 1.807) is 25.1 Å². The lowest BCUT2D eigenvalue weighted by Crippen LogP contribution is -2.34. The molecule has 0 bridgehead atoms. The highest BCUT2D eigenvalue weighted by Crippen LogP contribution is 2.18. The Kier molecular flexibility index (Phi) is 5.45. The second kappa shape index (κ2) is 7.95. The zero-order chi connectivity index (χ0) is 19.4. The molecule has 2 N–H and O–H groups in total. The standard InChI is InChI=1S/C21H20FN3O2/c1-13-7-8-15(12-18(13)22)20(26)23-9-10-24-21(27)17-11-14(2)25-19-6-4-3-5-16(17)19/h3-8,11-12H,9-10H2,1-2H3,(H,23,26)(H,24,27). The largest absolute Gasteiger partial charge is 0.350 e. The molecule has 3 aromatic rings. The third-order valence-corrected chi connectivity index (χ3v) is 4.22. The highest BCUT2D eigenvalue weighted by atomic mass is 19.1. The van der Waals surface area contributed by atoms with Gasteiger partial charge in [-0.15, -0.1) is 0 Å². The lowest BCUT2D eigenvalue weighted by atomic mass is 10.1. The number of fused-ring (bicyclic) bond motifs is 1. The minimum absolute atomic E-state index is 0.229. The number of para-hydroxylation sites is 1. The summed E-state index contributed by atoms with van der Waals surface area (Å²) in [7, 11) is 0. The van der Waals surface area contributed by atoms with Gasteiger partial charge < -0.3 is 10.6 Å². The monoisotopic (exact) mass is 365 g/mol. The third-order valence-electron chi connectivity index (χ3n) is 4.22. The Morgan fingerprint density at radius 2 is 1.67 bits per heavy atom. The van der Waals surface area contributed by atoms with Crippen LogP contribution in [-0.2, 0) is 0 Å². The van der Waals surface area contributed by atoms with E-state index in [0.29, 0.717) is 11.1 Å². The highest BCUT2D eigenvalue weighted by Gasteiger charge is 2.12. The predicted molar refractivity (Wildman–Crippen MR) is 102 cm³/mol. The molecule has 1 aromatic heterocycles. The molecule has 0 unspecified atom stereocenters. The van der Waals surface area contributed by atoms with Gasteiger partial charge in [-0.25, -0.2) is 4.39 Å². The van der Waals surface area contributed by atoms with E-state index in [9.17, 15) is 14.0 Å². The van der Waals surface area contributed by atoms with Crippen molar-refractivity contribution in [1.29, 1.82) is 0 Å². The lowest BCUT2D eigenvalue weighted by Gasteiger charge is -2.10. The summed E-state index contributed by atoms with van der Waals surface area (Å²) in [6.07, 6.45) is 0. The topological polar surface area (TPSA) is 71.1 Å². The number of amides is 2. The first-order valence-corrected chi connectivity index (χ1v) is 8.64. The van der Waals surface area contributed by atoms with Gasteiger partial charge in [0.2, 0.25) is 0 Å². The van der Waals surface area contributed by atoms with Crippen LogP contribution in [0.2, 0.25) is 0 Å². The number of benzene rings is 2. The molecule has 0 aliphatic heterocycles. The van der Waals surface area contributed by atoms with Crippen molar-refractivity contribution in [1.82, 2.24) is 15.6 Å². The van der Waals surface area contributed by atoms with Crippen molar-refractivity contribution in [2.45, 2.75) is 13.8 Å². The second-order valence-corrected chi connectivity index (χ2v) is 6.30. The van der Waals surface area contributed by atoms with E-state index >= 15 is 0 Å². The van der Waals surface area contributed by atoms with Crippen LogP contribution in [0.1, 0.15) is 32.0 Å². The summed E-state index contributed by atoms with van der Waals surface area (Å²) in [5, 5.41) is 6.24. The number of nitrogens with one attached hydrogen (secondary N) is 2. The molecule has 0 aliphatic rings. The van der Waals surface area contributed by atoms with Gasteiger partial charge >= 0.3 is 0 Å². The number of rotatable bonds is 5. The van der Waals surface area contributed by atoms with Crippen molar-refractivity contribution in [3.63, 3.8) is 0 Å². The fourth-order valence-corrected chi connectivity index (χ4v) is 2.78. The fourth-order valence-electron chi connectivity index (χ4n) is 2.78. The number of pyridine rings is 1. The van der Waals surface area contributed by atoms with E-state index in [4.69, 9.17) is 0 Å². The SMILES string of the molecule is Cc1cc(C(=O)NCCNC(=O)c2ccc(C)c(F)c2)c2ccccc2n1. The molecule has 5 nitrogen and oxygen atoms in total. The van der Waals surface area contributed by atoms with Crippen molar-refractivity contribution in [2.24, 2.45) is 0 Å². The first kappa shape index (κ1) is 18.5. The number of aromatic nitrogens is 1. The molecule has 0 saturated carbocycles. The van der Waals surface area contributed by atoms with E-state index < -0.39 is 5.82 Å². The van der Waals surface area contributed by atoms with Crippen molar-refractivity contribution >= 4 is 22.7 Å². The predicted octanol–water partition coefficient (Wildman–Crippen LogP) is 3.15. The Hall–Kier alpha value is -3.28. The van der Waals surface area contributed by atoms with Crippen molar-refractivity contribution in [3.8, 4) is 0 Å². The summed E-state index contributed by atoms with van der Waals surface area (Å²) in [6, 6.07) is 13.5. The van der Waals surface area contributed by atoms with E-state index in [0.717, 1.165) is 16.6 Å². The number of aryl methyl sites for hydroxylation is 2. The maximum absolute atomic E-state index is 13.5. The van der Waals surface area contributed by atoms with Crippen LogP contribution in [0.3, 0.4) is 0 Å². The van der Waals surface area contributed by atoms with Crippen LogP contribution in [0.4, 0.5) is 4.39 Å². The second-order valence-electron chi connectivity index (χ2n) is 6.30. The van der Waals surface area contributed by atoms with Crippen molar-refractivity contribution < 1.29 is 14.0 Å². The first-order chi connectivity index (χ1) is 13.0. The number of carbonyl (C=O) groups excluding carboxylic acids is 2. The Morgan fingerprint density at radius 3 is 2.41 bits per heavy atom. The van der Waals surface area contributed by atoms with Crippen LogP contribution in [-0.4, -0.2) is 29.9 Å². The molecule has 0 radical (unpaired) electrons. The number of hydrogen-bond acceptors (Lipinski definition) is 3. The summed E-state index contributed by atoms with van der Waals surface area (Å²) >= 11 is 0. The Labute approximate surface area is 156 Å². The summed E-state index contributed by atoms with van der Waals surface area (Å²) in [5.41, 5.74) is 2.80. The molecule has 138 valence electrons. The van der Waals surface area contributed by atoms with E-state index in [1.165, 1.54) is 6.07 Å². The molecule has 0 saturated heterocycles. The summed E-state index contributed by atoms with van der Waals surface area (Å²) in [6.45, 7) is 3.97. The van der Waals surface area contributed by atoms with Crippen molar-refractivity contribution in [2.75, 3.05) is 13.1 Å². The summed E-state index contributed by atoms with van der Waals surface area (Å²) in [4.78, 5) is 29.0. The zero-order valence-electron chi connectivity index (χ0n) is 15.2. The molecule has 2 aromatic carbocycles. The smallest absolute Gasteiger partial charge is 0.252 e. The number of nitrogens with zero attached hydrogens (tertiary/aromatic N) is 1. The Morgan fingerprint density at radius 1 is 0.963 bits per heavy atom. The molecule has 1 heterocycles. The van der Waals surface area contributed by atoms with Crippen molar-refractivity contribution in [3.05, 3.63) is 76.7 Å². The van der Waals surface area contributed by atoms with Crippen LogP contribution in [0.25, 0.3) is 10.9 Å². The molecule has 0 fully saturated rings. The zero-order valence-corrected chi connectivity index (χ0v) is 15.2. The fraction of sp³-hybridized carbons (Fsp3) is 0.190. The molecule has 27 heavy (non-hydrogen) atoms. The summed E-state index contributed by atoms with van der Waals surface area (Å²) < 4.78 is 13.5. The molecule has 2 amide bonds. The van der Waals surface area contributed by atoms with E-state index in [2.05, 4.69) is 15.6 Å². The summed E-state index contributed by atoms with van der Waals surface area (Å²) in [5.74, 6) is -1.03. The van der Waals surface area contributed by atoms with Crippen LogP contribution >= 0.6 is 0 Å². The molecule has 0 atom stereocenters. The minimum atomic E-state index is -0.420. The maximum Gasteiger partial charge on any atom is 0.252 e. The van der Waals surface area contributed by atoms with Gasteiger partial charge in [-0.2, -0.15) is 0 Å². The average molecular weight is 365 g/mol. The molecular formula is C21H20FN3O2. The van der Waals surface area contributed by atoms with E-state index in [-0.39, 0.29) is 30.5 Å². The average Bonchev–Trinajstić information content (AvgIpc) is 2.66. The third kappa shape index (κ3) is 4.28. The van der Waals surface area contributed by atoms with Gasteiger partial charge in [0.05, 0.1) is 11.1 Å². The van der Waals surface area contributed by atoms with Gasteiger partial charge in [0.15, 0.2) is 0 Å². The molecular weight excluding hydrogens is 345 g/mol. The van der Waals surface area contributed by atoms with Crippen LogP contribution in [0.15, 0.2) is 48.5 Å². The quantitative estimate of drug-likeness (QED) is 0.683. The first-order valence-electron chi connectivity index (χ1n) is 8.64.